The van der Waals surface area contributed by atoms with Gasteiger partial charge in [0.05, 0.1) is 5.52 Å². The van der Waals surface area contributed by atoms with Crippen LogP contribution in [0.5, 0.6) is 5.75 Å². The van der Waals surface area contributed by atoms with Gasteiger partial charge in [-0.3, -0.25) is 0 Å². The molecule has 120 valence electrons. The zero-order valence-corrected chi connectivity index (χ0v) is 13.5. The van der Waals surface area contributed by atoms with E-state index in [-0.39, 0.29) is 5.82 Å². The molecular weight excluding hydrogens is 291 g/mol. The lowest BCUT2D eigenvalue weighted by atomic mass is 10.1. The second-order valence-electron chi connectivity index (χ2n) is 5.66. The second-order valence-corrected chi connectivity index (χ2v) is 5.66. The number of nitrogens with zero attached hydrogens (tertiary/aromatic N) is 1. The first-order valence-electron chi connectivity index (χ1n) is 7.78. The number of hydrogen-bond donors (Lipinski definition) is 1. The molecule has 3 rings (SSSR count). The van der Waals surface area contributed by atoms with Gasteiger partial charge < -0.3 is 14.6 Å². The van der Waals surface area contributed by atoms with Crippen LogP contribution in [0.15, 0.2) is 48.7 Å². The molecule has 0 aliphatic heterocycles. The van der Waals surface area contributed by atoms with Crippen LogP contribution in [-0.4, -0.2) is 18.2 Å². The molecule has 2 aromatic carbocycles. The van der Waals surface area contributed by atoms with E-state index in [0.29, 0.717) is 12.4 Å². The standard InChI is InChI=1S/C19H21FN2O/c1-21-11-10-15-12-22(2)17-9-8-16(20)19(18(15)17)23-13-14-6-4-3-5-7-14/h3-9,12,21H,10-11,13H2,1-2H3. The Balaban J connectivity index is 1.98. The van der Waals surface area contributed by atoms with Crippen LogP contribution in [0.3, 0.4) is 0 Å². The molecule has 0 atom stereocenters. The van der Waals surface area contributed by atoms with Crippen molar-refractivity contribution in [2.75, 3.05) is 13.6 Å². The molecule has 23 heavy (non-hydrogen) atoms. The number of hydrogen-bond acceptors (Lipinski definition) is 2. The molecule has 0 saturated carbocycles. The van der Waals surface area contributed by atoms with Crippen molar-refractivity contribution in [3.05, 3.63) is 65.6 Å². The van der Waals surface area contributed by atoms with Gasteiger partial charge in [0.1, 0.15) is 6.61 Å². The van der Waals surface area contributed by atoms with Gasteiger partial charge in [-0.15, -0.1) is 0 Å². The Hall–Kier alpha value is -2.33. The van der Waals surface area contributed by atoms with Gasteiger partial charge in [0.15, 0.2) is 11.6 Å². The quantitative estimate of drug-likeness (QED) is 0.752. The molecule has 0 spiro atoms. The van der Waals surface area contributed by atoms with Crippen molar-refractivity contribution in [1.29, 1.82) is 0 Å². The van der Waals surface area contributed by atoms with E-state index < -0.39 is 0 Å². The third-order valence-electron chi connectivity index (χ3n) is 4.01. The second kappa shape index (κ2) is 6.84. The fourth-order valence-electron chi connectivity index (χ4n) is 2.84. The van der Waals surface area contributed by atoms with Crippen LogP contribution in [0.1, 0.15) is 11.1 Å². The molecule has 0 radical (unpaired) electrons. The predicted molar refractivity (Wildman–Crippen MR) is 91.3 cm³/mol. The number of likely N-dealkylation sites (N-methyl/N-ethyl adjacent to an activating group) is 1. The topological polar surface area (TPSA) is 26.2 Å². The highest BCUT2D eigenvalue weighted by atomic mass is 19.1. The first-order valence-corrected chi connectivity index (χ1v) is 7.78. The minimum atomic E-state index is -0.315. The Morgan fingerprint density at radius 1 is 1.13 bits per heavy atom. The molecule has 0 aliphatic rings. The van der Waals surface area contributed by atoms with Crippen molar-refractivity contribution in [2.24, 2.45) is 7.05 Å². The average molecular weight is 312 g/mol. The zero-order valence-electron chi connectivity index (χ0n) is 13.5. The van der Waals surface area contributed by atoms with Gasteiger partial charge in [0.2, 0.25) is 0 Å². The number of halogens is 1. The number of aromatic nitrogens is 1. The van der Waals surface area contributed by atoms with Crippen molar-refractivity contribution in [1.82, 2.24) is 9.88 Å². The van der Waals surface area contributed by atoms with Crippen LogP contribution in [0.2, 0.25) is 0 Å². The minimum absolute atomic E-state index is 0.315. The van der Waals surface area contributed by atoms with E-state index >= 15 is 0 Å². The van der Waals surface area contributed by atoms with Crippen LogP contribution < -0.4 is 10.1 Å². The number of nitrogens with one attached hydrogen (secondary N) is 1. The molecule has 0 saturated heterocycles. The Bertz CT molecular complexity index is 796. The monoisotopic (exact) mass is 312 g/mol. The summed E-state index contributed by atoms with van der Waals surface area (Å²) in [7, 11) is 3.89. The van der Waals surface area contributed by atoms with Gasteiger partial charge in [0, 0.05) is 18.6 Å². The summed E-state index contributed by atoms with van der Waals surface area (Å²) in [6, 6.07) is 13.1. The molecule has 0 fully saturated rings. The maximum atomic E-state index is 14.4. The van der Waals surface area contributed by atoms with Crippen molar-refractivity contribution in [3.8, 4) is 5.75 Å². The van der Waals surface area contributed by atoms with E-state index in [1.165, 1.54) is 6.07 Å². The Kier molecular flexibility index (Phi) is 4.63. The lowest BCUT2D eigenvalue weighted by molar-refractivity contribution is 0.294. The molecular formula is C19H21FN2O. The summed E-state index contributed by atoms with van der Waals surface area (Å²) in [4.78, 5) is 0. The third kappa shape index (κ3) is 3.22. The molecule has 3 aromatic rings. The van der Waals surface area contributed by atoms with E-state index in [4.69, 9.17) is 4.74 Å². The zero-order chi connectivity index (χ0) is 16.2. The van der Waals surface area contributed by atoms with E-state index in [1.54, 1.807) is 0 Å². The maximum Gasteiger partial charge on any atom is 0.165 e. The van der Waals surface area contributed by atoms with Gasteiger partial charge in [-0.1, -0.05) is 30.3 Å². The number of ether oxygens (including phenoxy) is 1. The van der Waals surface area contributed by atoms with Gasteiger partial charge in [-0.2, -0.15) is 0 Å². The predicted octanol–water partition coefficient (Wildman–Crippen LogP) is 3.66. The number of rotatable bonds is 6. The molecule has 3 nitrogen and oxygen atoms in total. The molecule has 1 aromatic heterocycles. The average Bonchev–Trinajstić information content (AvgIpc) is 2.89. The Morgan fingerprint density at radius 3 is 2.65 bits per heavy atom. The van der Waals surface area contributed by atoms with E-state index in [0.717, 1.165) is 35.0 Å². The molecule has 0 bridgehead atoms. The van der Waals surface area contributed by atoms with Crippen molar-refractivity contribution in [3.63, 3.8) is 0 Å². The van der Waals surface area contributed by atoms with Gasteiger partial charge in [-0.05, 0) is 43.3 Å². The van der Waals surface area contributed by atoms with Crippen LogP contribution in [0.4, 0.5) is 4.39 Å². The van der Waals surface area contributed by atoms with Crippen LogP contribution in [-0.2, 0) is 20.1 Å². The van der Waals surface area contributed by atoms with Crippen molar-refractivity contribution >= 4 is 10.9 Å². The number of fused-ring (bicyclic) bond motifs is 1. The van der Waals surface area contributed by atoms with Crippen molar-refractivity contribution < 1.29 is 9.13 Å². The number of aryl methyl sites for hydroxylation is 1. The molecule has 0 aliphatic carbocycles. The SMILES string of the molecule is CNCCc1cn(C)c2ccc(F)c(OCc3ccccc3)c12. The molecule has 0 amide bonds. The summed E-state index contributed by atoms with van der Waals surface area (Å²) in [6.45, 7) is 1.20. The van der Waals surface area contributed by atoms with Gasteiger partial charge in [0.25, 0.3) is 0 Å². The number of benzene rings is 2. The van der Waals surface area contributed by atoms with E-state index in [1.807, 2.05) is 55.1 Å². The fourth-order valence-corrected chi connectivity index (χ4v) is 2.84. The van der Waals surface area contributed by atoms with Crippen LogP contribution >= 0.6 is 0 Å². The lowest BCUT2D eigenvalue weighted by Gasteiger charge is -2.11. The summed E-state index contributed by atoms with van der Waals surface area (Å²) in [5.41, 5.74) is 3.11. The van der Waals surface area contributed by atoms with Gasteiger partial charge >= 0.3 is 0 Å². The molecule has 0 unspecified atom stereocenters. The van der Waals surface area contributed by atoms with Gasteiger partial charge in [-0.25, -0.2) is 4.39 Å². The van der Waals surface area contributed by atoms with Crippen LogP contribution in [0, 0.1) is 5.82 Å². The minimum Gasteiger partial charge on any atom is -0.485 e. The highest BCUT2D eigenvalue weighted by Gasteiger charge is 2.16. The summed E-state index contributed by atoms with van der Waals surface area (Å²) >= 11 is 0. The summed E-state index contributed by atoms with van der Waals surface area (Å²) in [5.74, 6) is 0.0309. The summed E-state index contributed by atoms with van der Waals surface area (Å²) in [6.07, 6.45) is 2.88. The molecule has 1 heterocycles. The van der Waals surface area contributed by atoms with E-state index in [9.17, 15) is 4.39 Å². The Labute approximate surface area is 135 Å². The Morgan fingerprint density at radius 2 is 1.91 bits per heavy atom. The highest BCUT2D eigenvalue weighted by Crippen LogP contribution is 2.33. The summed E-state index contributed by atoms with van der Waals surface area (Å²) < 4.78 is 22.3. The van der Waals surface area contributed by atoms with E-state index in [2.05, 4.69) is 11.5 Å². The first kappa shape index (κ1) is 15.6. The fraction of sp³-hybridized carbons (Fsp3) is 0.263. The summed E-state index contributed by atoms with van der Waals surface area (Å²) in [5, 5.41) is 4.01. The third-order valence-corrected chi connectivity index (χ3v) is 4.01. The first-order chi connectivity index (χ1) is 11.2. The smallest absolute Gasteiger partial charge is 0.165 e. The van der Waals surface area contributed by atoms with Crippen molar-refractivity contribution in [2.45, 2.75) is 13.0 Å². The maximum absolute atomic E-state index is 14.4. The normalized spacial score (nSPS) is 11.1. The van der Waals surface area contributed by atoms with Crippen LogP contribution in [0.25, 0.3) is 10.9 Å². The molecule has 1 N–H and O–H groups in total. The molecule has 4 heteroatoms. The largest absolute Gasteiger partial charge is 0.485 e. The lowest BCUT2D eigenvalue weighted by Crippen LogP contribution is -2.10. The highest BCUT2D eigenvalue weighted by molar-refractivity contribution is 5.90.